The van der Waals surface area contributed by atoms with Gasteiger partial charge in [-0.15, -0.1) is 0 Å². The summed E-state index contributed by atoms with van der Waals surface area (Å²) in [6, 6.07) is 11.2. The van der Waals surface area contributed by atoms with E-state index < -0.39 is 5.82 Å². The maximum absolute atomic E-state index is 13.8. The highest BCUT2D eigenvalue weighted by atomic mass is 19.1. The monoisotopic (exact) mass is 270 g/mol. The first kappa shape index (κ1) is 13.9. The van der Waals surface area contributed by atoms with Crippen LogP contribution in [0, 0.1) is 24.1 Å². The second-order valence-electron chi connectivity index (χ2n) is 4.73. The molecule has 0 bridgehead atoms. The van der Waals surface area contributed by atoms with Crippen LogP contribution < -0.4 is 5.32 Å². The summed E-state index contributed by atoms with van der Waals surface area (Å²) in [6.45, 7) is 3.77. The Balaban J connectivity index is 2.26. The number of aromatic hydroxyl groups is 1. The largest absolute Gasteiger partial charge is 0.508 e. The summed E-state index contributed by atoms with van der Waals surface area (Å²) in [4.78, 5) is 0. The Kier molecular flexibility index (Phi) is 3.90. The Labute approximate surface area is 117 Å². The number of hydrogen-bond acceptors (Lipinski definition) is 3. The third kappa shape index (κ3) is 2.89. The lowest BCUT2D eigenvalue weighted by atomic mass is 10.0. The number of halogens is 1. The first-order chi connectivity index (χ1) is 9.51. The van der Waals surface area contributed by atoms with Crippen molar-refractivity contribution in [3.05, 3.63) is 58.9 Å². The van der Waals surface area contributed by atoms with E-state index >= 15 is 0 Å². The van der Waals surface area contributed by atoms with Crippen molar-refractivity contribution in [2.24, 2.45) is 0 Å². The van der Waals surface area contributed by atoms with E-state index in [1.165, 1.54) is 12.1 Å². The molecule has 20 heavy (non-hydrogen) atoms. The SMILES string of the molecule is Cc1ccc(O)c(C(C)Nc2ccc(C#N)cc2F)c1. The van der Waals surface area contributed by atoms with Crippen LogP contribution in [0.1, 0.15) is 29.7 Å². The predicted octanol–water partition coefficient (Wildman–Crippen LogP) is 3.88. The van der Waals surface area contributed by atoms with Crippen LogP contribution in [0.15, 0.2) is 36.4 Å². The lowest BCUT2D eigenvalue weighted by molar-refractivity contribution is 0.465. The number of anilines is 1. The molecule has 0 aliphatic heterocycles. The normalized spacial score (nSPS) is 11.7. The topological polar surface area (TPSA) is 56.0 Å². The van der Waals surface area contributed by atoms with Crippen molar-refractivity contribution >= 4 is 5.69 Å². The summed E-state index contributed by atoms with van der Waals surface area (Å²) >= 11 is 0. The Morgan fingerprint density at radius 2 is 2.00 bits per heavy atom. The summed E-state index contributed by atoms with van der Waals surface area (Å²) in [6.07, 6.45) is 0. The average molecular weight is 270 g/mol. The smallest absolute Gasteiger partial charge is 0.147 e. The number of aryl methyl sites for hydroxylation is 1. The number of phenolic OH excluding ortho intramolecular Hbond substituents is 1. The molecular weight excluding hydrogens is 255 g/mol. The molecule has 0 fully saturated rings. The number of nitrogens with one attached hydrogen (secondary N) is 1. The molecule has 102 valence electrons. The van der Waals surface area contributed by atoms with Crippen molar-refractivity contribution < 1.29 is 9.50 Å². The standard InChI is InChI=1S/C16H15FN2O/c1-10-3-6-16(20)13(7-10)11(2)19-15-5-4-12(9-18)8-14(15)17/h3-8,11,19-20H,1-2H3. The van der Waals surface area contributed by atoms with Crippen LogP contribution in [0.2, 0.25) is 0 Å². The molecule has 2 rings (SSSR count). The van der Waals surface area contributed by atoms with Crippen LogP contribution in [0.5, 0.6) is 5.75 Å². The van der Waals surface area contributed by atoms with E-state index in [1.54, 1.807) is 12.1 Å². The van der Waals surface area contributed by atoms with E-state index in [9.17, 15) is 9.50 Å². The molecule has 2 aromatic rings. The maximum atomic E-state index is 13.8. The number of nitrogens with zero attached hydrogens (tertiary/aromatic N) is 1. The van der Waals surface area contributed by atoms with Crippen molar-refractivity contribution in [3.8, 4) is 11.8 Å². The summed E-state index contributed by atoms with van der Waals surface area (Å²) in [5.41, 5.74) is 2.30. The van der Waals surface area contributed by atoms with Gasteiger partial charge in [0.2, 0.25) is 0 Å². The molecule has 0 saturated heterocycles. The first-order valence-electron chi connectivity index (χ1n) is 6.27. The zero-order valence-corrected chi connectivity index (χ0v) is 11.3. The van der Waals surface area contributed by atoms with Crippen LogP contribution >= 0.6 is 0 Å². The van der Waals surface area contributed by atoms with Crippen LogP contribution in [0.25, 0.3) is 0 Å². The fourth-order valence-corrected chi connectivity index (χ4v) is 2.03. The lowest BCUT2D eigenvalue weighted by Gasteiger charge is -2.18. The number of hydrogen-bond donors (Lipinski definition) is 2. The predicted molar refractivity (Wildman–Crippen MR) is 76.0 cm³/mol. The molecule has 0 aliphatic carbocycles. The second-order valence-corrected chi connectivity index (χ2v) is 4.73. The van der Waals surface area contributed by atoms with Crippen molar-refractivity contribution in [2.45, 2.75) is 19.9 Å². The second kappa shape index (κ2) is 5.62. The van der Waals surface area contributed by atoms with Gasteiger partial charge < -0.3 is 10.4 Å². The Morgan fingerprint density at radius 3 is 2.65 bits per heavy atom. The number of rotatable bonds is 3. The van der Waals surface area contributed by atoms with E-state index in [-0.39, 0.29) is 17.4 Å². The molecule has 0 spiro atoms. The zero-order chi connectivity index (χ0) is 14.7. The quantitative estimate of drug-likeness (QED) is 0.889. The van der Waals surface area contributed by atoms with E-state index in [0.29, 0.717) is 11.3 Å². The van der Waals surface area contributed by atoms with Gasteiger partial charge >= 0.3 is 0 Å². The molecular formula is C16H15FN2O. The van der Waals surface area contributed by atoms with Crippen LogP contribution in [-0.4, -0.2) is 5.11 Å². The summed E-state index contributed by atoms with van der Waals surface area (Å²) in [5.74, 6) is -0.312. The van der Waals surface area contributed by atoms with Gasteiger partial charge in [0.25, 0.3) is 0 Å². The van der Waals surface area contributed by atoms with Gasteiger partial charge in [-0.3, -0.25) is 0 Å². The highest BCUT2D eigenvalue weighted by molar-refractivity contribution is 5.51. The lowest BCUT2D eigenvalue weighted by Crippen LogP contribution is -2.08. The molecule has 0 amide bonds. The summed E-state index contributed by atoms with van der Waals surface area (Å²) in [7, 11) is 0. The van der Waals surface area contributed by atoms with Gasteiger partial charge in [-0.1, -0.05) is 17.7 Å². The summed E-state index contributed by atoms with van der Waals surface area (Å²) < 4.78 is 13.8. The molecule has 4 heteroatoms. The molecule has 2 aromatic carbocycles. The number of phenols is 1. The Hall–Kier alpha value is -2.54. The van der Waals surface area contributed by atoms with E-state index in [2.05, 4.69) is 5.32 Å². The molecule has 0 heterocycles. The molecule has 0 aliphatic rings. The number of nitriles is 1. The fourth-order valence-electron chi connectivity index (χ4n) is 2.03. The molecule has 1 unspecified atom stereocenters. The van der Waals surface area contributed by atoms with Gasteiger partial charge in [0.1, 0.15) is 11.6 Å². The molecule has 3 nitrogen and oxygen atoms in total. The van der Waals surface area contributed by atoms with E-state index in [1.807, 2.05) is 32.0 Å². The molecule has 0 saturated carbocycles. The first-order valence-corrected chi connectivity index (χ1v) is 6.27. The van der Waals surface area contributed by atoms with Crippen LogP contribution in [0.4, 0.5) is 10.1 Å². The van der Waals surface area contributed by atoms with Gasteiger partial charge in [0.05, 0.1) is 23.4 Å². The molecule has 2 N–H and O–H groups in total. The molecule has 0 radical (unpaired) electrons. The van der Waals surface area contributed by atoms with E-state index in [0.717, 1.165) is 5.56 Å². The third-order valence-corrected chi connectivity index (χ3v) is 3.12. The average Bonchev–Trinajstić information content (AvgIpc) is 2.43. The van der Waals surface area contributed by atoms with Crippen LogP contribution in [-0.2, 0) is 0 Å². The van der Waals surface area contributed by atoms with Gasteiger partial charge in [0, 0.05) is 5.56 Å². The van der Waals surface area contributed by atoms with Gasteiger partial charge in [-0.05, 0) is 38.1 Å². The van der Waals surface area contributed by atoms with Gasteiger partial charge in [-0.25, -0.2) is 4.39 Å². The van der Waals surface area contributed by atoms with Gasteiger partial charge in [-0.2, -0.15) is 5.26 Å². The third-order valence-electron chi connectivity index (χ3n) is 3.12. The minimum Gasteiger partial charge on any atom is -0.508 e. The van der Waals surface area contributed by atoms with E-state index in [4.69, 9.17) is 5.26 Å². The minimum atomic E-state index is -0.483. The van der Waals surface area contributed by atoms with Crippen molar-refractivity contribution in [1.29, 1.82) is 5.26 Å². The van der Waals surface area contributed by atoms with Crippen molar-refractivity contribution in [1.82, 2.24) is 0 Å². The Bertz CT molecular complexity index is 677. The number of benzene rings is 2. The summed E-state index contributed by atoms with van der Waals surface area (Å²) in [5, 5.41) is 21.6. The fraction of sp³-hybridized carbons (Fsp3) is 0.188. The highest BCUT2D eigenvalue weighted by Crippen LogP contribution is 2.28. The van der Waals surface area contributed by atoms with Crippen molar-refractivity contribution in [2.75, 3.05) is 5.32 Å². The highest BCUT2D eigenvalue weighted by Gasteiger charge is 2.12. The van der Waals surface area contributed by atoms with Crippen LogP contribution in [0.3, 0.4) is 0 Å². The van der Waals surface area contributed by atoms with Gasteiger partial charge in [0.15, 0.2) is 0 Å². The molecule has 1 atom stereocenters. The van der Waals surface area contributed by atoms with Crippen molar-refractivity contribution in [3.63, 3.8) is 0 Å². The maximum Gasteiger partial charge on any atom is 0.147 e. The molecule has 0 aromatic heterocycles. The zero-order valence-electron chi connectivity index (χ0n) is 11.3. The Morgan fingerprint density at radius 1 is 1.25 bits per heavy atom. The minimum absolute atomic E-state index is 0.171.